The Kier molecular flexibility index (Phi) is 4.55. The first-order chi connectivity index (χ1) is 14.7. The van der Waals surface area contributed by atoms with Gasteiger partial charge in [0.1, 0.15) is 12.1 Å². The number of halogens is 1. The fraction of sp³-hybridized carbons (Fsp3) is 0.130. The predicted molar refractivity (Wildman–Crippen MR) is 116 cm³/mol. The zero-order valence-corrected chi connectivity index (χ0v) is 16.4. The Morgan fingerprint density at radius 2 is 1.97 bits per heavy atom. The number of nitrogens with zero attached hydrogens (tertiary/aromatic N) is 5. The standard InChI is InChI=1S/C23H19FN6/c1-15-5-4-8-20(28-15)18-11-17(12-25-21-7-3-2-6-19(21)24)29-23(18)16-9-10-22-26-14-27-30(22)13-16/h2-10,13-14,25H,11-12H2,1H3. The molecule has 0 spiro atoms. The summed E-state index contributed by atoms with van der Waals surface area (Å²) >= 11 is 0. The van der Waals surface area contributed by atoms with E-state index in [1.807, 2.05) is 43.5 Å². The monoisotopic (exact) mass is 398 g/mol. The smallest absolute Gasteiger partial charge is 0.155 e. The number of fused-ring (bicyclic) bond motifs is 1. The molecule has 4 aromatic rings. The number of para-hydroxylation sites is 1. The van der Waals surface area contributed by atoms with Crippen molar-refractivity contribution >= 4 is 28.3 Å². The van der Waals surface area contributed by atoms with Gasteiger partial charge in [0.2, 0.25) is 0 Å². The van der Waals surface area contributed by atoms with Crippen LogP contribution in [0.1, 0.15) is 23.4 Å². The normalized spacial score (nSPS) is 13.7. The summed E-state index contributed by atoms with van der Waals surface area (Å²) in [4.78, 5) is 13.8. The Morgan fingerprint density at radius 3 is 2.83 bits per heavy atom. The minimum Gasteiger partial charge on any atom is -0.377 e. The number of pyridine rings is 2. The number of benzene rings is 1. The van der Waals surface area contributed by atoms with Gasteiger partial charge >= 0.3 is 0 Å². The van der Waals surface area contributed by atoms with E-state index in [0.29, 0.717) is 18.7 Å². The molecule has 5 rings (SSSR count). The van der Waals surface area contributed by atoms with Gasteiger partial charge in [-0.05, 0) is 43.3 Å². The highest BCUT2D eigenvalue weighted by molar-refractivity contribution is 6.11. The van der Waals surface area contributed by atoms with Gasteiger partial charge in [-0.2, -0.15) is 5.10 Å². The quantitative estimate of drug-likeness (QED) is 0.541. The molecular formula is C23H19FN6. The van der Waals surface area contributed by atoms with E-state index >= 15 is 0 Å². The maximum absolute atomic E-state index is 14.0. The van der Waals surface area contributed by atoms with Crippen LogP contribution in [0.15, 0.2) is 72.1 Å². The minimum atomic E-state index is -0.276. The highest BCUT2D eigenvalue weighted by Gasteiger charge is 2.22. The van der Waals surface area contributed by atoms with Gasteiger partial charge in [0.15, 0.2) is 5.65 Å². The summed E-state index contributed by atoms with van der Waals surface area (Å²) in [5, 5.41) is 7.39. The Labute approximate surface area is 172 Å². The maximum Gasteiger partial charge on any atom is 0.155 e. The average Bonchev–Trinajstić information content (AvgIpc) is 3.39. The van der Waals surface area contributed by atoms with Crippen LogP contribution in [0.4, 0.5) is 10.1 Å². The molecule has 0 saturated heterocycles. The van der Waals surface area contributed by atoms with E-state index in [-0.39, 0.29) is 5.82 Å². The molecule has 1 aliphatic rings. The van der Waals surface area contributed by atoms with Crippen LogP contribution in [0.3, 0.4) is 0 Å². The molecule has 0 amide bonds. The first-order valence-electron chi connectivity index (χ1n) is 9.69. The summed E-state index contributed by atoms with van der Waals surface area (Å²) in [5.74, 6) is -0.276. The lowest BCUT2D eigenvalue weighted by molar-refractivity contribution is 0.631. The van der Waals surface area contributed by atoms with Crippen LogP contribution in [0, 0.1) is 12.7 Å². The summed E-state index contributed by atoms with van der Waals surface area (Å²) < 4.78 is 15.7. The van der Waals surface area contributed by atoms with E-state index in [9.17, 15) is 4.39 Å². The van der Waals surface area contributed by atoms with Crippen molar-refractivity contribution in [2.24, 2.45) is 4.99 Å². The van der Waals surface area contributed by atoms with Crippen LogP contribution in [0.2, 0.25) is 0 Å². The van der Waals surface area contributed by atoms with Crippen molar-refractivity contribution in [1.82, 2.24) is 19.6 Å². The van der Waals surface area contributed by atoms with E-state index in [4.69, 9.17) is 9.98 Å². The van der Waals surface area contributed by atoms with Crippen molar-refractivity contribution < 1.29 is 4.39 Å². The lowest BCUT2D eigenvalue weighted by atomic mass is 10.0. The van der Waals surface area contributed by atoms with Gasteiger partial charge in [0, 0.05) is 35.2 Å². The Hall–Kier alpha value is -3.87. The SMILES string of the molecule is Cc1cccc(C2=C(c3ccc4ncnn4c3)N=C(CNc3ccccc3F)C2)n1. The maximum atomic E-state index is 14.0. The third-order valence-corrected chi connectivity index (χ3v) is 5.04. The highest BCUT2D eigenvalue weighted by atomic mass is 19.1. The molecule has 148 valence electrons. The van der Waals surface area contributed by atoms with E-state index in [1.54, 1.807) is 22.7 Å². The molecule has 4 heterocycles. The van der Waals surface area contributed by atoms with Gasteiger partial charge in [0.25, 0.3) is 0 Å². The molecule has 7 heteroatoms. The molecule has 3 aromatic heterocycles. The second-order valence-electron chi connectivity index (χ2n) is 7.16. The molecule has 0 atom stereocenters. The summed E-state index contributed by atoms with van der Waals surface area (Å²) in [7, 11) is 0. The Balaban J connectivity index is 1.51. The molecule has 0 unspecified atom stereocenters. The summed E-state index contributed by atoms with van der Waals surface area (Å²) in [6.45, 7) is 2.42. The Bertz CT molecular complexity index is 1300. The number of allylic oxidation sites excluding steroid dienone is 1. The van der Waals surface area contributed by atoms with Crippen molar-refractivity contribution in [2.45, 2.75) is 13.3 Å². The predicted octanol–water partition coefficient (Wildman–Crippen LogP) is 4.40. The van der Waals surface area contributed by atoms with Crippen LogP contribution < -0.4 is 5.32 Å². The molecule has 1 aromatic carbocycles. The van der Waals surface area contributed by atoms with Crippen molar-refractivity contribution in [1.29, 1.82) is 0 Å². The number of anilines is 1. The van der Waals surface area contributed by atoms with Gasteiger partial charge in [-0.25, -0.2) is 13.9 Å². The number of rotatable bonds is 5. The first-order valence-corrected chi connectivity index (χ1v) is 9.69. The largest absolute Gasteiger partial charge is 0.377 e. The van der Waals surface area contributed by atoms with Gasteiger partial charge in [0.05, 0.1) is 23.6 Å². The van der Waals surface area contributed by atoms with Crippen LogP contribution in [-0.4, -0.2) is 31.8 Å². The van der Waals surface area contributed by atoms with Crippen LogP contribution in [0.25, 0.3) is 16.9 Å². The molecule has 6 nitrogen and oxygen atoms in total. The minimum absolute atomic E-state index is 0.276. The van der Waals surface area contributed by atoms with Gasteiger partial charge in [-0.15, -0.1) is 0 Å². The fourth-order valence-corrected chi connectivity index (χ4v) is 3.58. The summed E-state index contributed by atoms with van der Waals surface area (Å²) in [6, 6.07) is 16.5. The summed E-state index contributed by atoms with van der Waals surface area (Å²) in [5.41, 5.74) is 6.85. The third kappa shape index (κ3) is 3.45. The molecule has 30 heavy (non-hydrogen) atoms. The highest BCUT2D eigenvalue weighted by Crippen LogP contribution is 2.35. The average molecular weight is 398 g/mol. The lowest BCUT2D eigenvalue weighted by Crippen LogP contribution is -2.13. The molecule has 0 saturated carbocycles. The van der Waals surface area contributed by atoms with Crippen molar-refractivity contribution in [3.05, 3.63) is 89.9 Å². The van der Waals surface area contributed by atoms with Gasteiger partial charge in [-0.3, -0.25) is 9.98 Å². The van der Waals surface area contributed by atoms with Gasteiger partial charge in [-0.1, -0.05) is 18.2 Å². The van der Waals surface area contributed by atoms with E-state index in [0.717, 1.165) is 39.6 Å². The van der Waals surface area contributed by atoms with E-state index in [2.05, 4.69) is 15.4 Å². The number of nitrogens with one attached hydrogen (secondary N) is 1. The zero-order chi connectivity index (χ0) is 20.5. The number of aliphatic imine (C=N–C) groups is 1. The molecule has 1 aliphatic heterocycles. The molecular weight excluding hydrogens is 379 g/mol. The lowest BCUT2D eigenvalue weighted by Gasteiger charge is -2.08. The molecule has 0 bridgehead atoms. The second kappa shape index (κ2) is 7.51. The van der Waals surface area contributed by atoms with Crippen LogP contribution in [0.5, 0.6) is 0 Å². The van der Waals surface area contributed by atoms with Gasteiger partial charge < -0.3 is 5.32 Å². The second-order valence-corrected chi connectivity index (χ2v) is 7.16. The van der Waals surface area contributed by atoms with Crippen molar-refractivity contribution in [2.75, 3.05) is 11.9 Å². The fourth-order valence-electron chi connectivity index (χ4n) is 3.58. The van der Waals surface area contributed by atoms with Crippen molar-refractivity contribution in [3.8, 4) is 0 Å². The molecule has 0 radical (unpaired) electrons. The van der Waals surface area contributed by atoms with Crippen LogP contribution >= 0.6 is 0 Å². The number of aromatic nitrogens is 4. The Morgan fingerprint density at radius 1 is 1.07 bits per heavy atom. The van der Waals surface area contributed by atoms with Crippen LogP contribution in [-0.2, 0) is 0 Å². The zero-order valence-electron chi connectivity index (χ0n) is 16.4. The first kappa shape index (κ1) is 18.2. The molecule has 1 N–H and O–H groups in total. The summed E-state index contributed by atoms with van der Waals surface area (Å²) in [6.07, 6.45) is 4.09. The van der Waals surface area contributed by atoms with E-state index < -0.39 is 0 Å². The van der Waals surface area contributed by atoms with Crippen molar-refractivity contribution in [3.63, 3.8) is 0 Å². The molecule has 0 fully saturated rings. The van der Waals surface area contributed by atoms with E-state index in [1.165, 1.54) is 12.4 Å². The third-order valence-electron chi connectivity index (χ3n) is 5.04. The number of aryl methyl sites for hydroxylation is 1. The number of hydrogen-bond donors (Lipinski definition) is 1. The number of hydrogen-bond acceptors (Lipinski definition) is 5. The molecule has 0 aliphatic carbocycles. The topological polar surface area (TPSA) is 67.5 Å².